The average molecular weight is 503 g/mol. The second-order valence-corrected chi connectivity index (χ2v) is 9.65. The van der Waals surface area contributed by atoms with Crippen LogP contribution in [0.5, 0.6) is 0 Å². The summed E-state index contributed by atoms with van der Waals surface area (Å²) in [4.78, 5) is 24.1. The first-order valence-electron chi connectivity index (χ1n) is 13.4. The highest BCUT2D eigenvalue weighted by atomic mass is 16.2. The van der Waals surface area contributed by atoms with E-state index in [1.165, 1.54) is 5.56 Å². The Morgan fingerprint density at radius 1 is 1.03 bits per heavy atom. The number of aryl methyl sites for hydroxylation is 1. The predicted octanol–water partition coefficient (Wildman–Crippen LogP) is 6.53. The third-order valence-electron chi connectivity index (χ3n) is 7.10. The molecule has 7 heteroatoms. The number of hydrogen-bond donors (Lipinski definition) is 1. The molecular weight excluding hydrogens is 469 g/mol. The molecule has 0 spiro atoms. The summed E-state index contributed by atoms with van der Waals surface area (Å²) in [6, 6.07) is 26.1. The minimum absolute atomic E-state index is 0.0658. The van der Waals surface area contributed by atoms with Gasteiger partial charge < -0.3 is 5.32 Å². The van der Waals surface area contributed by atoms with Crippen molar-refractivity contribution >= 4 is 35.2 Å². The standard InChI is InChI=1S/C23H24BN5O.C8H10/c1-26-23-27-13-10-21(28-23)29(15-17-8-11-24(16-25)12-9-17)22(30)20-7-6-18-4-2-3-5-19(18)14-20;1-2-8-6-4-3-5-7-8/h2-7,10,13-14,17H,8-9,11-12,15H2,1H3,(H,26,27,28);3-7H,2H2,1H3. The zero-order valence-electron chi connectivity index (χ0n) is 22.2. The van der Waals surface area contributed by atoms with E-state index < -0.39 is 0 Å². The van der Waals surface area contributed by atoms with Gasteiger partial charge in [0.05, 0.1) is 0 Å². The molecule has 1 amide bonds. The van der Waals surface area contributed by atoms with Crippen LogP contribution in [0.15, 0.2) is 85.1 Å². The van der Waals surface area contributed by atoms with Crippen LogP contribution in [-0.2, 0) is 6.42 Å². The number of nitriles is 1. The first kappa shape index (κ1) is 26.9. The SMILES string of the molecule is CCc1ccccc1.CNc1nccc(N(CC2CCB(C#N)CC2)C(=O)c2ccc3ccccc3c2)n1. The van der Waals surface area contributed by atoms with Crippen molar-refractivity contribution in [1.82, 2.24) is 9.97 Å². The van der Waals surface area contributed by atoms with E-state index in [0.29, 0.717) is 29.8 Å². The molecule has 3 aromatic carbocycles. The molecule has 6 nitrogen and oxygen atoms in total. The molecule has 0 aliphatic carbocycles. The fourth-order valence-electron chi connectivity index (χ4n) is 4.82. The van der Waals surface area contributed by atoms with Crippen LogP contribution in [0.3, 0.4) is 0 Å². The molecule has 1 aromatic heterocycles. The van der Waals surface area contributed by atoms with Crippen molar-refractivity contribution in [3.63, 3.8) is 0 Å². The zero-order chi connectivity index (χ0) is 26.7. The molecule has 192 valence electrons. The predicted molar refractivity (Wildman–Crippen MR) is 157 cm³/mol. The molecule has 1 aliphatic heterocycles. The van der Waals surface area contributed by atoms with Crippen molar-refractivity contribution in [2.45, 2.75) is 38.8 Å². The van der Waals surface area contributed by atoms with Crippen molar-refractivity contribution in [1.29, 1.82) is 5.26 Å². The van der Waals surface area contributed by atoms with Gasteiger partial charge in [-0.15, -0.1) is 0 Å². The Bertz CT molecular complexity index is 1380. The van der Waals surface area contributed by atoms with Gasteiger partial charge in [-0.25, -0.2) is 10.2 Å². The van der Waals surface area contributed by atoms with E-state index in [9.17, 15) is 10.1 Å². The quantitative estimate of drug-likeness (QED) is 0.303. The molecule has 0 saturated carbocycles. The van der Waals surface area contributed by atoms with Gasteiger partial charge in [-0.05, 0) is 46.9 Å². The second-order valence-electron chi connectivity index (χ2n) is 9.65. The molecule has 0 bridgehead atoms. The molecule has 0 unspecified atom stereocenters. The molecule has 0 radical (unpaired) electrons. The number of fused-ring (bicyclic) bond motifs is 1. The first-order chi connectivity index (χ1) is 18.6. The van der Waals surface area contributed by atoms with Crippen LogP contribution in [0, 0.1) is 17.1 Å². The van der Waals surface area contributed by atoms with Gasteiger partial charge >= 0.3 is 0 Å². The van der Waals surface area contributed by atoms with Crippen LogP contribution >= 0.6 is 0 Å². The Morgan fingerprint density at radius 3 is 2.39 bits per heavy atom. The maximum Gasteiger partial charge on any atom is 0.267 e. The van der Waals surface area contributed by atoms with Crippen molar-refractivity contribution in [2.24, 2.45) is 5.92 Å². The molecule has 1 aliphatic rings. The lowest BCUT2D eigenvalue weighted by molar-refractivity contribution is 0.0981. The Hall–Kier alpha value is -4.18. The molecule has 1 fully saturated rings. The number of aromatic nitrogens is 2. The van der Waals surface area contributed by atoms with Gasteiger partial charge in [0.1, 0.15) is 5.82 Å². The van der Waals surface area contributed by atoms with E-state index >= 15 is 0 Å². The monoisotopic (exact) mass is 503 g/mol. The number of hydrogen-bond acceptors (Lipinski definition) is 5. The van der Waals surface area contributed by atoms with Crippen molar-refractivity contribution in [3.05, 3.63) is 96.2 Å². The summed E-state index contributed by atoms with van der Waals surface area (Å²) in [7, 11) is 1.76. The molecule has 38 heavy (non-hydrogen) atoms. The minimum atomic E-state index is -0.0658. The fraction of sp³-hybridized carbons (Fsp3) is 0.290. The van der Waals surface area contributed by atoms with Crippen LogP contribution in [0.2, 0.25) is 12.6 Å². The first-order valence-corrected chi connectivity index (χ1v) is 13.4. The highest BCUT2D eigenvalue weighted by molar-refractivity contribution is 6.67. The number of rotatable bonds is 6. The smallest absolute Gasteiger partial charge is 0.267 e. The van der Waals surface area contributed by atoms with Crippen LogP contribution in [0.25, 0.3) is 10.8 Å². The van der Waals surface area contributed by atoms with Crippen molar-refractivity contribution < 1.29 is 4.79 Å². The lowest BCUT2D eigenvalue weighted by Crippen LogP contribution is -2.38. The Labute approximate surface area is 225 Å². The molecule has 4 aromatic rings. The molecule has 0 atom stereocenters. The van der Waals surface area contributed by atoms with E-state index in [4.69, 9.17) is 0 Å². The van der Waals surface area contributed by atoms with Gasteiger partial charge in [-0.2, -0.15) is 4.98 Å². The van der Waals surface area contributed by atoms with E-state index in [1.807, 2.05) is 48.5 Å². The molecule has 1 saturated heterocycles. The third kappa shape index (κ3) is 6.98. The summed E-state index contributed by atoms with van der Waals surface area (Å²) in [6.07, 6.45) is 6.49. The summed E-state index contributed by atoms with van der Waals surface area (Å²) in [5.41, 5.74) is 2.05. The summed E-state index contributed by atoms with van der Waals surface area (Å²) in [6.45, 7) is 2.89. The van der Waals surface area contributed by atoms with Gasteiger partial charge in [0.15, 0.2) is 0 Å². The topological polar surface area (TPSA) is 81.9 Å². The van der Waals surface area contributed by atoms with E-state index in [0.717, 1.165) is 42.7 Å². The van der Waals surface area contributed by atoms with Gasteiger partial charge in [0, 0.05) is 31.3 Å². The van der Waals surface area contributed by atoms with Crippen molar-refractivity contribution in [3.8, 4) is 5.97 Å². The normalized spacial score (nSPS) is 13.2. The van der Waals surface area contributed by atoms with Crippen molar-refractivity contribution in [2.75, 3.05) is 23.8 Å². The average Bonchev–Trinajstić information content (AvgIpc) is 3.00. The Morgan fingerprint density at radius 2 is 1.74 bits per heavy atom. The maximum atomic E-state index is 13.6. The number of amides is 1. The molecule has 1 N–H and O–H groups in total. The zero-order valence-corrected chi connectivity index (χ0v) is 22.2. The minimum Gasteiger partial charge on any atom is -0.357 e. The summed E-state index contributed by atoms with van der Waals surface area (Å²) < 4.78 is 0. The second kappa shape index (κ2) is 13.4. The fourth-order valence-corrected chi connectivity index (χ4v) is 4.82. The molecule has 5 rings (SSSR count). The molecular formula is C31H34BN5O. The van der Waals surface area contributed by atoms with Crippen LogP contribution in [0.1, 0.15) is 35.7 Å². The summed E-state index contributed by atoms with van der Waals surface area (Å²) >= 11 is 0. The maximum absolute atomic E-state index is 13.6. The van der Waals surface area contributed by atoms with E-state index in [2.05, 4.69) is 52.4 Å². The Balaban J connectivity index is 0.000000360. The van der Waals surface area contributed by atoms with Gasteiger partial charge in [0.25, 0.3) is 12.6 Å². The van der Waals surface area contributed by atoms with Gasteiger partial charge in [0.2, 0.25) is 5.95 Å². The number of nitrogens with one attached hydrogen (secondary N) is 1. The van der Waals surface area contributed by atoms with Crippen LogP contribution in [0.4, 0.5) is 11.8 Å². The number of carbonyl (C=O) groups is 1. The highest BCUT2D eigenvalue weighted by Gasteiger charge is 2.29. The number of carbonyl (C=O) groups excluding carboxylic acids is 1. The number of anilines is 2. The van der Waals surface area contributed by atoms with Crippen LogP contribution in [-0.4, -0.2) is 36.2 Å². The lowest BCUT2D eigenvalue weighted by atomic mass is 9.42. The largest absolute Gasteiger partial charge is 0.357 e. The summed E-state index contributed by atoms with van der Waals surface area (Å²) in [5.74, 6) is 3.74. The lowest BCUT2D eigenvalue weighted by Gasteiger charge is -2.30. The van der Waals surface area contributed by atoms with Gasteiger partial charge in [-0.3, -0.25) is 9.69 Å². The third-order valence-corrected chi connectivity index (χ3v) is 7.10. The number of nitrogens with zero attached hydrogens (tertiary/aromatic N) is 4. The Kier molecular flexibility index (Phi) is 9.47. The molecule has 2 heterocycles. The van der Waals surface area contributed by atoms with E-state index in [1.54, 1.807) is 24.2 Å². The van der Waals surface area contributed by atoms with Gasteiger partial charge in [-0.1, -0.05) is 93.1 Å². The number of benzene rings is 3. The van der Waals surface area contributed by atoms with Crippen LogP contribution < -0.4 is 10.2 Å². The highest BCUT2D eigenvalue weighted by Crippen LogP contribution is 2.28. The van der Waals surface area contributed by atoms with E-state index in [-0.39, 0.29) is 12.6 Å². The summed E-state index contributed by atoms with van der Waals surface area (Å²) in [5, 5.41) is 14.3.